The van der Waals surface area contributed by atoms with E-state index in [1.807, 2.05) is 23.9 Å². The quantitative estimate of drug-likeness (QED) is 0.876. The van der Waals surface area contributed by atoms with Crippen molar-refractivity contribution in [3.63, 3.8) is 0 Å². The Morgan fingerprint density at radius 1 is 1.11 bits per heavy atom. The molecule has 19 heavy (non-hydrogen) atoms. The topological polar surface area (TPSA) is 38.9 Å². The van der Waals surface area contributed by atoms with Gasteiger partial charge in [0, 0.05) is 29.3 Å². The van der Waals surface area contributed by atoms with Gasteiger partial charge in [0.2, 0.25) is 0 Å². The molecular weight excluding hydrogens is 252 g/mol. The van der Waals surface area contributed by atoms with E-state index in [4.69, 9.17) is 5.73 Å². The summed E-state index contributed by atoms with van der Waals surface area (Å²) in [6, 6.07) is 12.6. The smallest absolute Gasteiger partial charge is 0.0705 e. The number of hydrogen-bond acceptors (Lipinski definition) is 3. The van der Waals surface area contributed by atoms with E-state index in [1.54, 1.807) is 0 Å². The van der Waals surface area contributed by atoms with Gasteiger partial charge in [-0.25, -0.2) is 0 Å². The van der Waals surface area contributed by atoms with Crippen LogP contribution in [0.15, 0.2) is 36.4 Å². The molecule has 2 nitrogen and oxygen atoms in total. The van der Waals surface area contributed by atoms with Crippen molar-refractivity contribution in [3.05, 3.63) is 42.1 Å². The molecule has 0 aliphatic carbocycles. The van der Waals surface area contributed by atoms with Crippen LogP contribution in [0.25, 0.3) is 10.9 Å². The molecule has 0 radical (unpaired) electrons. The third-order valence-corrected chi connectivity index (χ3v) is 4.48. The van der Waals surface area contributed by atoms with Crippen molar-refractivity contribution in [1.82, 2.24) is 4.98 Å². The maximum Gasteiger partial charge on any atom is 0.0705 e. The summed E-state index contributed by atoms with van der Waals surface area (Å²) < 4.78 is 0. The summed E-state index contributed by atoms with van der Waals surface area (Å²) in [6.45, 7) is 4.48. The van der Waals surface area contributed by atoms with Gasteiger partial charge in [0.05, 0.1) is 5.52 Å². The second-order valence-corrected chi connectivity index (χ2v) is 6.47. The molecule has 102 valence electrons. The van der Waals surface area contributed by atoms with Gasteiger partial charge in [-0.3, -0.25) is 4.98 Å². The lowest BCUT2D eigenvalue weighted by Crippen LogP contribution is -2.26. The van der Waals surface area contributed by atoms with Crippen LogP contribution in [-0.4, -0.2) is 22.5 Å². The predicted molar refractivity (Wildman–Crippen MR) is 85.6 cm³/mol. The van der Waals surface area contributed by atoms with Crippen molar-refractivity contribution in [1.29, 1.82) is 0 Å². The molecule has 1 unspecified atom stereocenters. The van der Waals surface area contributed by atoms with Crippen molar-refractivity contribution in [2.24, 2.45) is 11.7 Å². The molecule has 0 aliphatic rings. The molecule has 0 aliphatic heterocycles. The Labute approximate surface area is 119 Å². The van der Waals surface area contributed by atoms with Gasteiger partial charge in [-0.1, -0.05) is 38.1 Å². The number of para-hydroxylation sites is 1. The van der Waals surface area contributed by atoms with Crippen LogP contribution in [0.5, 0.6) is 0 Å². The van der Waals surface area contributed by atoms with Crippen LogP contribution < -0.4 is 5.73 Å². The highest BCUT2D eigenvalue weighted by molar-refractivity contribution is 7.99. The fourth-order valence-electron chi connectivity index (χ4n) is 2.00. The molecule has 2 rings (SSSR count). The van der Waals surface area contributed by atoms with E-state index >= 15 is 0 Å². The second-order valence-electron chi connectivity index (χ2n) is 5.39. The van der Waals surface area contributed by atoms with Crippen LogP contribution in [0, 0.1) is 5.92 Å². The van der Waals surface area contributed by atoms with E-state index in [0.29, 0.717) is 0 Å². The van der Waals surface area contributed by atoms with Gasteiger partial charge < -0.3 is 5.73 Å². The van der Waals surface area contributed by atoms with Crippen molar-refractivity contribution in [3.8, 4) is 0 Å². The van der Waals surface area contributed by atoms with E-state index in [0.717, 1.165) is 29.3 Å². The molecule has 3 heteroatoms. The summed E-state index contributed by atoms with van der Waals surface area (Å²) in [7, 11) is 0. The Balaban J connectivity index is 1.93. The van der Waals surface area contributed by atoms with Gasteiger partial charge in [0.25, 0.3) is 0 Å². The minimum Gasteiger partial charge on any atom is -0.327 e. The van der Waals surface area contributed by atoms with E-state index < -0.39 is 0 Å². The van der Waals surface area contributed by atoms with Crippen LogP contribution in [0.3, 0.4) is 0 Å². The summed E-state index contributed by atoms with van der Waals surface area (Å²) in [6.07, 6.45) is 0.857. The number of benzene rings is 1. The average molecular weight is 274 g/mol. The van der Waals surface area contributed by atoms with Crippen LogP contribution in [0.4, 0.5) is 0 Å². The first-order chi connectivity index (χ1) is 9.15. The van der Waals surface area contributed by atoms with E-state index in [2.05, 4.69) is 43.1 Å². The van der Waals surface area contributed by atoms with Crippen molar-refractivity contribution >= 4 is 22.7 Å². The maximum absolute atomic E-state index is 6.18. The molecule has 2 N–H and O–H groups in total. The fraction of sp³-hybridized carbons (Fsp3) is 0.438. The number of rotatable bonds is 6. The first-order valence-corrected chi connectivity index (χ1v) is 7.98. The number of pyridine rings is 1. The molecule has 0 fully saturated rings. The molecule has 0 bridgehead atoms. The third kappa shape index (κ3) is 4.51. The molecular formula is C16H22N2S. The highest BCUT2D eigenvalue weighted by Gasteiger charge is 2.07. The largest absolute Gasteiger partial charge is 0.327 e. The van der Waals surface area contributed by atoms with Crippen LogP contribution in [-0.2, 0) is 6.42 Å². The molecule has 0 saturated carbocycles. The van der Waals surface area contributed by atoms with Crippen molar-refractivity contribution < 1.29 is 0 Å². The Morgan fingerprint density at radius 2 is 1.89 bits per heavy atom. The predicted octanol–water partition coefficient (Wildman–Crippen LogP) is 3.49. The molecule has 1 atom stereocenters. The Morgan fingerprint density at radius 3 is 2.68 bits per heavy atom. The number of thioether (sulfide) groups is 1. The second kappa shape index (κ2) is 6.92. The zero-order valence-corrected chi connectivity index (χ0v) is 12.5. The minimum absolute atomic E-state index is 0.192. The Kier molecular flexibility index (Phi) is 5.23. The van der Waals surface area contributed by atoms with Gasteiger partial charge >= 0.3 is 0 Å². The fourth-order valence-corrected chi connectivity index (χ4v) is 3.03. The SMILES string of the molecule is CC(C)CSCC(N)Cc1ccc2ccccc2n1. The van der Waals surface area contributed by atoms with Gasteiger partial charge in [-0.2, -0.15) is 11.8 Å². The highest BCUT2D eigenvalue weighted by Crippen LogP contribution is 2.14. The molecule has 0 amide bonds. The Hall–Kier alpha value is -1.06. The average Bonchev–Trinajstić information content (AvgIpc) is 2.38. The molecule has 1 aromatic heterocycles. The van der Waals surface area contributed by atoms with E-state index in [1.165, 1.54) is 11.1 Å². The monoisotopic (exact) mass is 274 g/mol. The van der Waals surface area contributed by atoms with Gasteiger partial charge in [-0.15, -0.1) is 0 Å². The first-order valence-electron chi connectivity index (χ1n) is 6.83. The van der Waals surface area contributed by atoms with Crippen molar-refractivity contribution in [2.75, 3.05) is 11.5 Å². The van der Waals surface area contributed by atoms with Crippen LogP contribution >= 0.6 is 11.8 Å². The highest BCUT2D eigenvalue weighted by atomic mass is 32.2. The molecule has 2 aromatic rings. The van der Waals surface area contributed by atoms with Gasteiger partial charge in [-0.05, 0) is 23.8 Å². The first kappa shape index (κ1) is 14.4. The number of hydrogen-bond donors (Lipinski definition) is 1. The molecule has 1 aromatic carbocycles. The van der Waals surface area contributed by atoms with Crippen LogP contribution in [0.2, 0.25) is 0 Å². The number of nitrogens with zero attached hydrogens (tertiary/aromatic N) is 1. The van der Waals surface area contributed by atoms with Gasteiger partial charge in [0.1, 0.15) is 0 Å². The normalized spacial score (nSPS) is 13.1. The Bertz CT molecular complexity index is 525. The lowest BCUT2D eigenvalue weighted by atomic mass is 10.1. The number of nitrogens with two attached hydrogens (primary N) is 1. The van der Waals surface area contributed by atoms with E-state index in [-0.39, 0.29) is 6.04 Å². The standard InChI is InChI=1S/C16H22N2S/c1-12(2)10-19-11-14(17)9-15-8-7-13-5-3-4-6-16(13)18-15/h3-8,12,14H,9-11,17H2,1-2H3. The number of aromatic nitrogens is 1. The summed E-state index contributed by atoms with van der Waals surface area (Å²) in [4.78, 5) is 4.67. The lowest BCUT2D eigenvalue weighted by Gasteiger charge is -2.12. The van der Waals surface area contributed by atoms with Crippen molar-refractivity contribution in [2.45, 2.75) is 26.3 Å². The molecule has 0 saturated heterocycles. The van der Waals surface area contributed by atoms with Gasteiger partial charge in [0.15, 0.2) is 0 Å². The summed E-state index contributed by atoms with van der Waals surface area (Å²) in [5.41, 5.74) is 8.33. The molecule has 1 heterocycles. The molecule has 0 spiro atoms. The zero-order valence-electron chi connectivity index (χ0n) is 11.7. The lowest BCUT2D eigenvalue weighted by molar-refractivity contribution is 0.723. The summed E-state index contributed by atoms with van der Waals surface area (Å²) >= 11 is 1.94. The van der Waals surface area contributed by atoms with Crippen LogP contribution in [0.1, 0.15) is 19.5 Å². The number of fused-ring (bicyclic) bond motifs is 1. The maximum atomic E-state index is 6.18. The zero-order chi connectivity index (χ0) is 13.7. The summed E-state index contributed by atoms with van der Waals surface area (Å²) in [5.74, 6) is 2.92. The minimum atomic E-state index is 0.192. The third-order valence-electron chi connectivity index (χ3n) is 2.91. The van der Waals surface area contributed by atoms with E-state index in [9.17, 15) is 0 Å². The summed E-state index contributed by atoms with van der Waals surface area (Å²) in [5, 5.41) is 1.19.